The number of anilines is 1. The van der Waals surface area contributed by atoms with E-state index in [2.05, 4.69) is 46.4 Å². The van der Waals surface area contributed by atoms with Gasteiger partial charge in [-0.25, -0.2) is 0 Å². The molecule has 1 saturated heterocycles. The number of ether oxygens (including phenoxy) is 1. The summed E-state index contributed by atoms with van der Waals surface area (Å²) in [5.41, 5.74) is 2.55. The van der Waals surface area contributed by atoms with Crippen LogP contribution in [0.1, 0.15) is 18.4 Å². The van der Waals surface area contributed by atoms with Gasteiger partial charge in [0.2, 0.25) is 5.91 Å². The van der Waals surface area contributed by atoms with Crippen LogP contribution in [-0.4, -0.2) is 56.7 Å². The van der Waals surface area contributed by atoms with E-state index in [9.17, 15) is 4.79 Å². The molecule has 2 heterocycles. The highest BCUT2D eigenvalue weighted by Gasteiger charge is 2.20. The van der Waals surface area contributed by atoms with Gasteiger partial charge < -0.3 is 15.0 Å². The first-order valence-electron chi connectivity index (χ1n) is 8.12. The highest BCUT2D eigenvalue weighted by atomic mass is 16.5. The molecule has 0 spiro atoms. The van der Waals surface area contributed by atoms with Crippen molar-refractivity contribution in [1.82, 2.24) is 10.2 Å². The summed E-state index contributed by atoms with van der Waals surface area (Å²) >= 11 is 0. The molecule has 0 aromatic heterocycles. The van der Waals surface area contributed by atoms with E-state index >= 15 is 0 Å². The van der Waals surface area contributed by atoms with Gasteiger partial charge >= 0.3 is 0 Å². The average Bonchev–Trinajstić information content (AvgIpc) is 2.99. The lowest BCUT2D eigenvalue weighted by molar-refractivity contribution is -0.122. The van der Waals surface area contributed by atoms with Crippen LogP contribution < -0.4 is 10.2 Å². The molecule has 5 heteroatoms. The van der Waals surface area contributed by atoms with Crippen molar-refractivity contribution < 1.29 is 9.53 Å². The van der Waals surface area contributed by atoms with E-state index in [4.69, 9.17) is 4.74 Å². The summed E-state index contributed by atoms with van der Waals surface area (Å²) < 4.78 is 5.54. The van der Waals surface area contributed by atoms with Gasteiger partial charge in [-0.05, 0) is 24.5 Å². The molecule has 1 atom stereocenters. The SMILES string of the molecule is CN1CCN(CC(=O)NCC2CCCO2)Cc2ccccc21. The molecule has 0 saturated carbocycles. The Kier molecular flexibility index (Phi) is 4.95. The molecular weight excluding hydrogens is 278 g/mol. The Morgan fingerprint density at radius 2 is 2.23 bits per heavy atom. The van der Waals surface area contributed by atoms with Gasteiger partial charge in [0.25, 0.3) is 0 Å². The zero-order valence-electron chi connectivity index (χ0n) is 13.3. The number of benzene rings is 1. The van der Waals surface area contributed by atoms with Crippen LogP contribution in [0.25, 0.3) is 0 Å². The van der Waals surface area contributed by atoms with E-state index in [-0.39, 0.29) is 12.0 Å². The normalized spacial score (nSPS) is 22.2. The molecule has 1 fully saturated rings. The van der Waals surface area contributed by atoms with Gasteiger partial charge in [0, 0.05) is 45.5 Å². The molecule has 120 valence electrons. The minimum Gasteiger partial charge on any atom is -0.376 e. The van der Waals surface area contributed by atoms with Crippen LogP contribution in [0.15, 0.2) is 24.3 Å². The van der Waals surface area contributed by atoms with E-state index in [0.717, 1.165) is 39.1 Å². The van der Waals surface area contributed by atoms with Crippen LogP contribution in [-0.2, 0) is 16.1 Å². The number of hydrogen-bond donors (Lipinski definition) is 1. The van der Waals surface area contributed by atoms with Crippen molar-refractivity contribution >= 4 is 11.6 Å². The summed E-state index contributed by atoms with van der Waals surface area (Å²) in [5.74, 6) is 0.0949. The first-order valence-corrected chi connectivity index (χ1v) is 8.12. The zero-order chi connectivity index (χ0) is 15.4. The number of rotatable bonds is 4. The van der Waals surface area contributed by atoms with Gasteiger partial charge in [-0.1, -0.05) is 18.2 Å². The number of hydrogen-bond acceptors (Lipinski definition) is 4. The number of amides is 1. The fourth-order valence-corrected chi connectivity index (χ4v) is 3.18. The maximum Gasteiger partial charge on any atom is 0.234 e. The Bertz CT molecular complexity index is 514. The molecular formula is C17H25N3O2. The molecule has 3 rings (SSSR count). The summed E-state index contributed by atoms with van der Waals surface area (Å²) in [4.78, 5) is 16.6. The second-order valence-electron chi connectivity index (χ2n) is 6.20. The minimum atomic E-state index is 0.0949. The smallest absolute Gasteiger partial charge is 0.234 e. The van der Waals surface area contributed by atoms with Gasteiger partial charge in [0.1, 0.15) is 0 Å². The summed E-state index contributed by atoms with van der Waals surface area (Å²) in [6.07, 6.45) is 2.37. The number of nitrogens with one attached hydrogen (secondary N) is 1. The summed E-state index contributed by atoms with van der Waals surface area (Å²) in [6, 6.07) is 8.43. The van der Waals surface area contributed by atoms with Crippen molar-refractivity contribution in [3.8, 4) is 0 Å². The Labute approximate surface area is 132 Å². The molecule has 22 heavy (non-hydrogen) atoms. The molecule has 5 nitrogen and oxygen atoms in total. The van der Waals surface area contributed by atoms with Gasteiger partial charge in [-0.15, -0.1) is 0 Å². The van der Waals surface area contributed by atoms with Crippen LogP contribution >= 0.6 is 0 Å². The van der Waals surface area contributed by atoms with Crippen LogP contribution in [0, 0.1) is 0 Å². The van der Waals surface area contributed by atoms with E-state index in [1.54, 1.807) is 0 Å². The van der Waals surface area contributed by atoms with Crippen LogP contribution in [0.5, 0.6) is 0 Å². The van der Waals surface area contributed by atoms with Gasteiger partial charge in [0.05, 0.1) is 12.6 Å². The van der Waals surface area contributed by atoms with Crippen molar-refractivity contribution in [1.29, 1.82) is 0 Å². The predicted octanol–water partition coefficient (Wildman–Crippen LogP) is 1.23. The standard InChI is InChI=1S/C17H25N3O2/c1-19-8-9-20(12-14-5-2-3-7-16(14)19)13-17(21)18-11-15-6-4-10-22-15/h2-3,5,7,15H,4,6,8-13H2,1H3,(H,18,21). The zero-order valence-corrected chi connectivity index (χ0v) is 13.3. The average molecular weight is 303 g/mol. The Balaban J connectivity index is 1.53. The van der Waals surface area contributed by atoms with E-state index in [0.29, 0.717) is 13.1 Å². The van der Waals surface area contributed by atoms with Crippen LogP contribution in [0.4, 0.5) is 5.69 Å². The van der Waals surface area contributed by atoms with E-state index in [1.807, 2.05) is 0 Å². The molecule has 1 aromatic rings. The lowest BCUT2D eigenvalue weighted by Gasteiger charge is -2.20. The summed E-state index contributed by atoms with van der Waals surface area (Å²) in [5, 5.41) is 3.01. The van der Waals surface area contributed by atoms with Gasteiger partial charge in [-0.3, -0.25) is 9.69 Å². The first-order chi connectivity index (χ1) is 10.7. The maximum atomic E-state index is 12.2. The molecule has 2 aliphatic rings. The molecule has 2 aliphatic heterocycles. The number of carbonyl (C=O) groups excluding carboxylic acids is 1. The Morgan fingerprint density at radius 3 is 3.05 bits per heavy atom. The van der Waals surface area contributed by atoms with Crippen LogP contribution in [0.2, 0.25) is 0 Å². The topological polar surface area (TPSA) is 44.8 Å². The molecule has 1 unspecified atom stereocenters. The lowest BCUT2D eigenvalue weighted by atomic mass is 10.1. The highest BCUT2D eigenvalue weighted by Crippen LogP contribution is 2.23. The Hall–Kier alpha value is -1.59. The fraction of sp³-hybridized carbons (Fsp3) is 0.588. The third-order valence-electron chi connectivity index (χ3n) is 4.47. The second kappa shape index (κ2) is 7.11. The summed E-state index contributed by atoms with van der Waals surface area (Å²) in [6.45, 7) is 4.59. The maximum absolute atomic E-state index is 12.2. The lowest BCUT2D eigenvalue weighted by Crippen LogP contribution is -2.41. The quantitative estimate of drug-likeness (QED) is 0.909. The van der Waals surface area contributed by atoms with Gasteiger partial charge in [0.15, 0.2) is 0 Å². The van der Waals surface area contributed by atoms with Crippen LogP contribution in [0.3, 0.4) is 0 Å². The number of fused-ring (bicyclic) bond motifs is 1. The second-order valence-corrected chi connectivity index (χ2v) is 6.20. The molecule has 0 radical (unpaired) electrons. The third kappa shape index (κ3) is 3.78. The largest absolute Gasteiger partial charge is 0.376 e. The first kappa shape index (κ1) is 15.3. The molecule has 0 bridgehead atoms. The predicted molar refractivity (Wildman–Crippen MR) is 87.0 cm³/mol. The molecule has 1 aromatic carbocycles. The van der Waals surface area contributed by atoms with Crippen molar-refractivity contribution in [2.24, 2.45) is 0 Å². The fourth-order valence-electron chi connectivity index (χ4n) is 3.18. The van der Waals surface area contributed by atoms with E-state index < -0.39 is 0 Å². The third-order valence-corrected chi connectivity index (χ3v) is 4.47. The van der Waals surface area contributed by atoms with E-state index in [1.165, 1.54) is 11.3 Å². The number of nitrogens with zero attached hydrogens (tertiary/aromatic N) is 2. The van der Waals surface area contributed by atoms with Crippen molar-refractivity contribution in [3.05, 3.63) is 29.8 Å². The monoisotopic (exact) mass is 303 g/mol. The number of para-hydroxylation sites is 1. The van der Waals surface area contributed by atoms with Crippen molar-refractivity contribution in [3.63, 3.8) is 0 Å². The van der Waals surface area contributed by atoms with Crippen molar-refractivity contribution in [2.45, 2.75) is 25.5 Å². The molecule has 1 N–H and O–H groups in total. The van der Waals surface area contributed by atoms with Gasteiger partial charge in [-0.2, -0.15) is 0 Å². The number of likely N-dealkylation sites (N-methyl/N-ethyl adjacent to an activating group) is 1. The Morgan fingerprint density at radius 1 is 1.36 bits per heavy atom. The minimum absolute atomic E-state index is 0.0949. The van der Waals surface area contributed by atoms with Crippen molar-refractivity contribution in [2.75, 3.05) is 44.7 Å². The summed E-state index contributed by atoms with van der Waals surface area (Å²) in [7, 11) is 2.11. The highest BCUT2D eigenvalue weighted by molar-refractivity contribution is 5.78. The molecule has 0 aliphatic carbocycles. The number of carbonyl (C=O) groups is 1. The molecule has 1 amide bonds.